The van der Waals surface area contributed by atoms with Crippen molar-refractivity contribution in [1.29, 1.82) is 0 Å². The first-order valence-electron chi connectivity index (χ1n) is 8.57. The molecule has 0 aromatic heterocycles. The van der Waals surface area contributed by atoms with Gasteiger partial charge < -0.3 is 25.4 Å². The van der Waals surface area contributed by atoms with Crippen LogP contribution in [0.4, 0.5) is 5.69 Å². The highest BCUT2D eigenvalue weighted by molar-refractivity contribution is 5.95. The Morgan fingerprint density at radius 2 is 1.68 bits per heavy atom. The molecular formula is C20H23N3O5. The normalized spacial score (nSPS) is 10.1. The number of amides is 2. The van der Waals surface area contributed by atoms with Gasteiger partial charge in [-0.3, -0.25) is 9.59 Å². The minimum absolute atomic E-state index is 0.160. The van der Waals surface area contributed by atoms with E-state index in [-0.39, 0.29) is 11.3 Å². The minimum Gasteiger partial charge on any atom is -0.481 e. The molecule has 8 nitrogen and oxygen atoms in total. The molecular weight excluding hydrogens is 362 g/mol. The number of carbonyl (C=O) groups is 3. The van der Waals surface area contributed by atoms with Crippen LogP contribution in [0, 0.1) is 0 Å². The lowest BCUT2D eigenvalue weighted by molar-refractivity contribution is -0.150. The molecule has 2 aromatic rings. The van der Waals surface area contributed by atoms with E-state index in [1.807, 2.05) is 43.3 Å². The molecule has 0 aliphatic heterocycles. The summed E-state index contributed by atoms with van der Waals surface area (Å²) in [6.45, 7) is -0.536. The summed E-state index contributed by atoms with van der Waals surface area (Å²) in [7, 11) is 3.89. The minimum atomic E-state index is -0.732. The third-order valence-corrected chi connectivity index (χ3v) is 3.80. The van der Waals surface area contributed by atoms with Gasteiger partial charge in [-0.25, -0.2) is 4.79 Å². The number of anilines is 1. The Morgan fingerprint density at radius 1 is 1.00 bits per heavy atom. The Kier molecular flexibility index (Phi) is 7.38. The lowest BCUT2D eigenvalue weighted by Crippen LogP contribution is -2.29. The molecule has 0 bridgehead atoms. The number of ether oxygens (including phenoxy) is 2. The standard InChI is InChI=1S/C20H23N3O5/c1-23(2)15-9-7-14(8-10-15)11-22-18(24)12-28-19(25)13-27-17-6-4-3-5-16(17)20(21)26/h3-10H,11-13H2,1-2H3,(H2,21,26)(H,22,24). The monoisotopic (exact) mass is 385 g/mol. The second-order valence-corrected chi connectivity index (χ2v) is 6.15. The molecule has 0 saturated heterocycles. The van der Waals surface area contributed by atoms with Crippen LogP contribution in [-0.4, -0.2) is 45.1 Å². The molecule has 2 aromatic carbocycles. The van der Waals surface area contributed by atoms with Crippen molar-refractivity contribution in [3.63, 3.8) is 0 Å². The number of hydrogen-bond donors (Lipinski definition) is 2. The number of nitrogens with zero attached hydrogens (tertiary/aromatic N) is 1. The zero-order valence-corrected chi connectivity index (χ0v) is 15.8. The highest BCUT2D eigenvalue weighted by Crippen LogP contribution is 2.17. The van der Waals surface area contributed by atoms with Crippen LogP contribution < -0.4 is 20.7 Å². The quantitative estimate of drug-likeness (QED) is 0.625. The van der Waals surface area contributed by atoms with Gasteiger partial charge in [0.1, 0.15) is 5.75 Å². The van der Waals surface area contributed by atoms with Crippen LogP contribution in [0.3, 0.4) is 0 Å². The summed E-state index contributed by atoms with van der Waals surface area (Å²) in [6, 6.07) is 14.0. The molecule has 0 unspecified atom stereocenters. The number of primary amides is 1. The molecule has 0 radical (unpaired) electrons. The molecule has 0 fully saturated rings. The fourth-order valence-corrected chi connectivity index (χ4v) is 2.28. The predicted molar refractivity (Wildman–Crippen MR) is 104 cm³/mol. The van der Waals surface area contributed by atoms with E-state index in [0.717, 1.165) is 11.3 Å². The lowest BCUT2D eigenvalue weighted by Gasteiger charge is -2.13. The molecule has 2 rings (SSSR count). The summed E-state index contributed by atoms with van der Waals surface area (Å²) in [4.78, 5) is 36.8. The second kappa shape index (κ2) is 9.96. The summed E-state index contributed by atoms with van der Waals surface area (Å²) >= 11 is 0. The van der Waals surface area contributed by atoms with Gasteiger partial charge in [-0.05, 0) is 29.8 Å². The van der Waals surface area contributed by atoms with E-state index < -0.39 is 31.0 Å². The van der Waals surface area contributed by atoms with Gasteiger partial charge in [0, 0.05) is 26.3 Å². The van der Waals surface area contributed by atoms with E-state index in [0.29, 0.717) is 6.54 Å². The summed E-state index contributed by atoms with van der Waals surface area (Å²) in [5.41, 5.74) is 7.38. The molecule has 0 saturated carbocycles. The molecule has 0 aliphatic rings. The number of nitrogens with two attached hydrogens (primary N) is 1. The fourth-order valence-electron chi connectivity index (χ4n) is 2.28. The van der Waals surface area contributed by atoms with Crippen molar-refractivity contribution in [2.75, 3.05) is 32.2 Å². The first kappa shape index (κ1) is 20.8. The number of para-hydroxylation sites is 1. The van der Waals surface area contributed by atoms with Crippen LogP contribution in [0.1, 0.15) is 15.9 Å². The van der Waals surface area contributed by atoms with Crippen LogP contribution in [0.5, 0.6) is 5.75 Å². The van der Waals surface area contributed by atoms with Gasteiger partial charge in [0.2, 0.25) is 0 Å². The van der Waals surface area contributed by atoms with Crippen LogP contribution in [-0.2, 0) is 20.9 Å². The number of rotatable bonds is 9. The van der Waals surface area contributed by atoms with Crippen molar-refractivity contribution in [3.8, 4) is 5.75 Å². The number of nitrogens with one attached hydrogen (secondary N) is 1. The van der Waals surface area contributed by atoms with Crippen molar-refractivity contribution >= 4 is 23.5 Å². The van der Waals surface area contributed by atoms with Gasteiger partial charge in [0.05, 0.1) is 5.56 Å². The van der Waals surface area contributed by atoms with Crippen molar-refractivity contribution in [1.82, 2.24) is 5.32 Å². The SMILES string of the molecule is CN(C)c1ccc(CNC(=O)COC(=O)COc2ccccc2C(N)=O)cc1. The molecule has 3 N–H and O–H groups in total. The Balaban J connectivity index is 1.72. The van der Waals surface area contributed by atoms with Gasteiger partial charge in [-0.15, -0.1) is 0 Å². The first-order chi connectivity index (χ1) is 13.4. The zero-order valence-electron chi connectivity index (χ0n) is 15.8. The van der Waals surface area contributed by atoms with E-state index in [9.17, 15) is 14.4 Å². The largest absolute Gasteiger partial charge is 0.481 e. The van der Waals surface area contributed by atoms with E-state index in [1.54, 1.807) is 12.1 Å². The zero-order chi connectivity index (χ0) is 20.5. The van der Waals surface area contributed by atoms with Crippen molar-refractivity contribution < 1.29 is 23.9 Å². The van der Waals surface area contributed by atoms with Gasteiger partial charge in [-0.2, -0.15) is 0 Å². The molecule has 0 atom stereocenters. The summed E-state index contributed by atoms with van der Waals surface area (Å²) in [6.07, 6.45) is 0. The highest BCUT2D eigenvalue weighted by atomic mass is 16.6. The Morgan fingerprint density at radius 3 is 2.32 bits per heavy atom. The molecule has 148 valence electrons. The topological polar surface area (TPSA) is 111 Å². The summed E-state index contributed by atoms with van der Waals surface area (Å²) in [5.74, 6) is -1.65. The third kappa shape index (κ3) is 6.31. The second-order valence-electron chi connectivity index (χ2n) is 6.15. The van der Waals surface area contributed by atoms with Crippen LogP contribution in [0.15, 0.2) is 48.5 Å². The van der Waals surface area contributed by atoms with Crippen molar-refractivity contribution in [2.24, 2.45) is 5.73 Å². The van der Waals surface area contributed by atoms with Crippen LogP contribution >= 0.6 is 0 Å². The van der Waals surface area contributed by atoms with Crippen molar-refractivity contribution in [2.45, 2.75) is 6.54 Å². The van der Waals surface area contributed by atoms with Gasteiger partial charge in [0.25, 0.3) is 11.8 Å². The van der Waals surface area contributed by atoms with E-state index in [1.165, 1.54) is 12.1 Å². The third-order valence-electron chi connectivity index (χ3n) is 3.80. The summed E-state index contributed by atoms with van der Waals surface area (Å²) in [5, 5.41) is 2.67. The average Bonchev–Trinajstić information content (AvgIpc) is 2.69. The number of hydrogen-bond acceptors (Lipinski definition) is 6. The molecule has 28 heavy (non-hydrogen) atoms. The number of esters is 1. The Labute approximate surface area is 163 Å². The highest BCUT2D eigenvalue weighted by Gasteiger charge is 2.12. The van der Waals surface area contributed by atoms with E-state index in [4.69, 9.17) is 15.2 Å². The van der Waals surface area contributed by atoms with Gasteiger partial charge in [-0.1, -0.05) is 24.3 Å². The van der Waals surface area contributed by atoms with Gasteiger partial charge in [0.15, 0.2) is 13.2 Å². The fraction of sp³-hybridized carbons (Fsp3) is 0.250. The van der Waals surface area contributed by atoms with E-state index in [2.05, 4.69) is 5.32 Å². The molecule has 0 spiro atoms. The number of benzene rings is 2. The van der Waals surface area contributed by atoms with Crippen LogP contribution in [0.2, 0.25) is 0 Å². The maximum Gasteiger partial charge on any atom is 0.344 e. The van der Waals surface area contributed by atoms with E-state index >= 15 is 0 Å². The smallest absolute Gasteiger partial charge is 0.344 e. The molecule has 8 heteroatoms. The average molecular weight is 385 g/mol. The summed E-state index contributed by atoms with van der Waals surface area (Å²) < 4.78 is 10.1. The maximum atomic E-state index is 11.8. The lowest BCUT2D eigenvalue weighted by atomic mass is 10.2. The molecule has 0 aliphatic carbocycles. The van der Waals surface area contributed by atoms with Crippen molar-refractivity contribution in [3.05, 3.63) is 59.7 Å². The molecule has 2 amide bonds. The Hall–Kier alpha value is -3.55. The first-order valence-corrected chi connectivity index (χ1v) is 8.57. The van der Waals surface area contributed by atoms with Gasteiger partial charge >= 0.3 is 5.97 Å². The predicted octanol–water partition coefficient (Wildman–Crippen LogP) is 1.09. The maximum absolute atomic E-state index is 11.8. The van der Waals surface area contributed by atoms with Crippen LogP contribution in [0.25, 0.3) is 0 Å². The molecule has 0 heterocycles. The number of carbonyl (C=O) groups excluding carboxylic acids is 3. The Bertz CT molecular complexity index is 834.